The van der Waals surface area contributed by atoms with E-state index >= 15 is 0 Å². The molecule has 0 saturated heterocycles. The Morgan fingerprint density at radius 3 is 1.83 bits per heavy atom. The van der Waals surface area contributed by atoms with E-state index in [1.165, 1.54) is 37.9 Å². The van der Waals surface area contributed by atoms with E-state index in [1.807, 2.05) is 0 Å². The third-order valence-corrected chi connectivity index (χ3v) is 6.90. The van der Waals surface area contributed by atoms with Gasteiger partial charge in [0.05, 0.1) is 8.07 Å². The predicted octanol–water partition coefficient (Wildman–Crippen LogP) is 6.21. The van der Waals surface area contributed by atoms with E-state index in [0.717, 1.165) is 0 Å². The van der Waals surface area contributed by atoms with Gasteiger partial charge in [0.25, 0.3) is 0 Å². The quantitative estimate of drug-likeness (QED) is 0.304. The molecule has 0 heterocycles. The first-order valence-corrected chi connectivity index (χ1v) is 12.1. The van der Waals surface area contributed by atoms with E-state index in [9.17, 15) is 0 Å². The number of fused-ring (bicyclic) bond motifs is 3. The zero-order valence-electron chi connectivity index (χ0n) is 14.5. The number of benzene rings is 4. The Hall–Kier alpha value is -2.38. The lowest BCUT2D eigenvalue weighted by molar-refractivity contribution is 1.65. The Kier molecular flexibility index (Phi) is 3.54. The molecule has 0 N–H and O–H groups in total. The SMILES string of the molecule is C[Si](C)(C)c1ccc(-c2cc3ccccc3c3ccccc23)cc1. The summed E-state index contributed by atoms with van der Waals surface area (Å²) in [7, 11) is -1.25. The minimum absolute atomic E-state index is 1.25. The van der Waals surface area contributed by atoms with Gasteiger partial charge in [0.15, 0.2) is 0 Å². The van der Waals surface area contributed by atoms with Gasteiger partial charge in [-0.2, -0.15) is 0 Å². The van der Waals surface area contributed by atoms with Crippen molar-refractivity contribution in [1.29, 1.82) is 0 Å². The summed E-state index contributed by atoms with van der Waals surface area (Å²) in [5.41, 5.74) is 2.63. The molecule has 4 aromatic carbocycles. The van der Waals surface area contributed by atoms with E-state index in [1.54, 1.807) is 0 Å². The molecule has 118 valence electrons. The minimum Gasteiger partial charge on any atom is -0.0656 e. The molecule has 0 bridgehead atoms. The molecule has 0 amide bonds. The van der Waals surface area contributed by atoms with Crippen LogP contribution in [0.1, 0.15) is 0 Å². The Morgan fingerprint density at radius 2 is 1.17 bits per heavy atom. The maximum atomic E-state index is 2.40. The van der Waals surface area contributed by atoms with Crippen molar-refractivity contribution in [3.05, 3.63) is 78.9 Å². The molecule has 24 heavy (non-hydrogen) atoms. The molecule has 0 spiro atoms. The number of rotatable bonds is 2. The average Bonchev–Trinajstić information content (AvgIpc) is 2.60. The molecule has 0 aliphatic rings. The Bertz CT molecular complexity index is 1020. The minimum atomic E-state index is -1.25. The third kappa shape index (κ3) is 2.55. The summed E-state index contributed by atoms with van der Waals surface area (Å²) in [4.78, 5) is 0. The molecular weight excluding hydrogens is 304 g/mol. The van der Waals surface area contributed by atoms with Gasteiger partial charge in [-0.05, 0) is 38.7 Å². The van der Waals surface area contributed by atoms with Crippen LogP contribution in [0.3, 0.4) is 0 Å². The van der Waals surface area contributed by atoms with E-state index < -0.39 is 8.07 Å². The summed E-state index contributed by atoms with van der Waals surface area (Å²) in [6, 6.07) is 29.0. The summed E-state index contributed by atoms with van der Waals surface area (Å²) in [5, 5.41) is 6.81. The second kappa shape index (κ2) is 5.61. The molecule has 0 saturated carbocycles. The normalized spacial score (nSPS) is 12.0. The van der Waals surface area contributed by atoms with Crippen molar-refractivity contribution < 1.29 is 0 Å². The van der Waals surface area contributed by atoms with Gasteiger partial charge < -0.3 is 0 Å². The van der Waals surface area contributed by atoms with Crippen molar-refractivity contribution in [2.75, 3.05) is 0 Å². The van der Waals surface area contributed by atoms with Crippen LogP contribution in [-0.4, -0.2) is 8.07 Å². The molecule has 4 aromatic rings. The first kappa shape index (κ1) is 15.2. The van der Waals surface area contributed by atoms with Gasteiger partial charge in [-0.25, -0.2) is 0 Å². The van der Waals surface area contributed by atoms with Gasteiger partial charge in [-0.3, -0.25) is 0 Å². The maximum Gasteiger partial charge on any atom is 0.0775 e. The van der Waals surface area contributed by atoms with Gasteiger partial charge in [0, 0.05) is 0 Å². The van der Waals surface area contributed by atoms with Crippen LogP contribution in [-0.2, 0) is 0 Å². The number of hydrogen-bond donors (Lipinski definition) is 0. The predicted molar refractivity (Wildman–Crippen MR) is 110 cm³/mol. The lowest BCUT2D eigenvalue weighted by Gasteiger charge is -2.17. The molecule has 0 radical (unpaired) electrons. The van der Waals surface area contributed by atoms with Crippen LogP contribution in [0.25, 0.3) is 32.7 Å². The summed E-state index contributed by atoms with van der Waals surface area (Å²) in [5.74, 6) is 0. The lowest BCUT2D eigenvalue weighted by atomic mass is 9.93. The van der Waals surface area contributed by atoms with E-state index in [0.29, 0.717) is 0 Å². The lowest BCUT2D eigenvalue weighted by Crippen LogP contribution is -2.37. The first-order valence-electron chi connectivity index (χ1n) is 8.55. The van der Waals surface area contributed by atoms with Crippen molar-refractivity contribution in [3.8, 4) is 11.1 Å². The highest BCUT2D eigenvalue weighted by atomic mass is 28.3. The summed E-state index contributed by atoms with van der Waals surface area (Å²) < 4.78 is 0. The van der Waals surface area contributed by atoms with E-state index in [2.05, 4.69) is 98.5 Å². The molecule has 0 unspecified atom stereocenters. The second-order valence-corrected chi connectivity index (χ2v) is 12.6. The molecule has 0 aliphatic heterocycles. The average molecular weight is 327 g/mol. The number of hydrogen-bond acceptors (Lipinski definition) is 0. The molecule has 4 rings (SSSR count). The highest BCUT2D eigenvalue weighted by Gasteiger charge is 2.16. The van der Waals surface area contributed by atoms with Gasteiger partial charge in [-0.1, -0.05) is 97.6 Å². The molecule has 0 atom stereocenters. The van der Waals surface area contributed by atoms with E-state index in [4.69, 9.17) is 0 Å². The van der Waals surface area contributed by atoms with Crippen molar-refractivity contribution >= 4 is 34.8 Å². The van der Waals surface area contributed by atoms with Crippen molar-refractivity contribution in [1.82, 2.24) is 0 Å². The van der Waals surface area contributed by atoms with Crippen LogP contribution in [0.2, 0.25) is 19.6 Å². The third-order valence-electron chi connectivity index (χ3n) is 4.83. The van der Waals surface area contributed by atoms with Crippen LogP contribution >= 0.6 is 0 Å². The van der Waals surface area contributed by atoms with E-state index in [-0.39, 0.29) is 0 Å². The van der Waals surface area contributed by atoms with Gasteiger partial charge in [0.1, 0.15) is 0 Å². The standard InChI is InChI=1S/C23H22Si/c1-24(2,3)19-14-12-17(13-15-19)23-16-18-8-4-5-9-20(18)21-10-6-7-11-22(21)23/h4-16H,1-3H3. The van der Waals surface area contributed by atoms with Crippen LogP contribution in [0.5, 0.6) is 0 Å². The maximum absolute atomic E-state index is 2.40. The molecule has 0 aliphatic carbocycles. The highest BCUT2D eigenvalue weighted by molar-refractivity contribution is 6.88. The molecule has 0 aromatic heterocycles. The fourth-order valence-corrected chi connectivity index (χ4v) is 4.61. The van der Waals surface area contributed by atoms with Gasteiger partial charge in [0.2, 0.25) is 0 Å². The summed E-state index contributed by atoms with van der Waals surface area (Å²) in [6.45, 7) is 7.19. The van der Waals surface area contributed by atoms with Crippen LogP contribution < -0.4 is 5.19 Å². The van der Waals surface area contributed by atoms with Crippen molar-refractivity contribution in [2.45, 2.75) is 19.6 Å². The smallest absolute Gasteiger partial charge is 0.0656 e. The van der Waals surface area contributed by atoms with Crippen LogP contribution in [0, 0.1) is 0 Å². The largest absolute Gasteiger partial charge is 0.0775 e. The second-order valence-electron chi connectivity index (χ2n) is 7.52. The monoisotopic (exact) mass is 326 g/mol. The summed E-state index contributed by atoms with van der Waals surface area (Å²) in [6.07, 6.45) is 0. The highest BCUT2D eigenvalue weighted by Crippen LogP contribution is 2.34. The van der Waals surface area contributed by atoms with Crippen molar-refractivity contribution in [2.24, 2.45) is 0 Å². The van der Waals surface area contributed by atoms with Gasteiger partial charge >= 0.3 is 0 Å². The Balaban J connectivity index is 1.98. The first-order chi connectivity index (χ1) is 11.5. The zero-order chi connectivity index (χ0) is 16.7. The molecule has 0 fully saturated rings. The van der Waals surface area contributed by atoms with Crippen molar-refractivity contribution in [3.63, 3.8) is 0 Å². The Labute approximate surface area is 144 Å². The fourth-order valence-electron chi connectivity index (χ4n) is 3.44. The van der Waals surface area contributed by atoms with Crippen LogP contribution in [0.4, 0.5) is 0 Å². The topological polar surface area (TPSA) is 0 Å². The molecular formula is C23H22Si. The Morgan fingerprint density at radius 1 is 0.583 bits per heavy atom. The molecule has 1 heteroatoms. The van der Waals surface area contributed by atoms with Crippen LogP contribution in [0.15, 0.2) is 78.9 Å². The zero-order valence-corrected chi connectivity index (χ0v) is 15.5. The molecule has 0 nitrogen and oxygen atoms in total. The fraction of sp³-hybridized carbons (Fsp3) is 0.130. The summed E-state index contributed by atoms with van der Waals surface area (Å²) >= 11 is 0. The van der Waals surface area contributed by atoms with Gasteiger partial charge in [-0.15, -0.1) is 0 Å².